The van der Waals surface area contributed by atoms with E-state index >= 15 is 0 Å². The van der Waals surface area contributed by atoms with Gasteiger partial charge in [0, 0.05) is 55.9 Å². The number of hydrogen-bond acceptors (Lipinski definition) is 2. The normalized spacial score (nSPS) is 12.2. The van der Waals surface area contributed by atoms with Gasteiger partial charge in [-0.25, -0.2) is 4.98 Å². The molecule has 0 fully saturated rings. The zero-order chi connectivity index (χ0) is 53.8. The number of nitrogens with zero attached hydrogens (tertiary/aromatic N) is 4. The number of rotatable bonds is 13. The zero-order valence-corrected chi connectivity index (χ0v) is 49.0. The van der Waals surface area contributed by atoms with Crippen molar-refractivity contribution in [2.24, 2.45) is 0 Å². The van der Waals surface area contributed by atoms with E-state index in [0.717, 1.165) is 61.4 Å². The molecule has 0 bridgehead atoms. The van der Waals surface area contributed by atoms with Gasteiger partial charge in [0.2, 0.25) is 0 Å². The molecule has 0 atom stereocenters. The minimum atomic E-state index is -0.421. The summed E-state index contributed by atoms with van der Waals surface area (Å²) in [6.45, 7) is 25.1. The molecule has 394 valence electrons. The van der Waals surface area contributed by atoms with E-state index in [2.05, 4.69) is 297 Å². The molecular formula is C72H68N4OPt-2. The third-order valence-electron chi connectivity index (χ3n) is 15.8. The van der Waals surface area contributed by atoms with E-state index in [4.69, 9.17) is 9.72 Å². The van der Waals surface area contributed by atoms with Crippen molar-refractivity contribution < 1.29 is 30.4 Å². The van der Waals surface area contributed by atoms with Crippen LogP contribution in [-0.2, 0) is 37.3 Å². The fourth-order valence-electron chi connectivity index (χ4n) is 11.0. The molecule has 78 heavy (non-hydrogen) atoms. The van der Waals surface area contributed by atoms with Gasteiger partial charge in [-0.05, 0) is 114 Å². The van der Waals surface area contributed by atoms with E-state index in [9.17, 15) is 0 Å². The standard InChI is InChI=1S/C72H68N4O.Pt/c1-48(2)61-31-23-32-62(49(3)4)69(61)67-46-74(47-75(67)58-39-51(50-24-15-12-16-25-50)38-55(41-58)71(8,9)52-26-17-13-18-27-52)57-40-56(72(10,11)53-28-19-14-20-29-53)42-60(44-57)77-59-34-35-64-63-30-21-22-33-65(63)76(66(64)45-59)68-43-54(36-37-73-68)70(5,6)7;/h12-43,46,48-49H,1-11H3;/q-2;. The van der Waals surface area contributed by atoms with Gasteiger partial charge in [0.05, 0.1) is 11.4 Å². The first-order valence-corrected chi connectivity index (χ1v) is 27.2. The Hall–Kier alpha value is -7.59. The number of pyridine rings is 1. The van der Waals surface area contributed by atoms with Gasteiger partial charge in [-0.1, -0.05) is 215 Å². The summed E-state index contributed by atoms with van der Waals surface area (Å²) in [5, 5.41) is 2.21. The van der Waals surface area contributed by atoms with Crippen LogP contribution in [0.3, 0.4) is 0 Å². The van der Waals surface area contributed by atoms with Crippen molar-refractivity contribution in [1.29, 1.82) is 0 Å². The van der Waals surface area contributed by atoms with Crippen LogP contribution in [0.5, 0.6) is 11.5 Å². The Morgan fingerprint density at radius 2 is 1.12 bits per heavy atom. The molecule has 0 aliphatic rings. The Morgan fingerprint density at radius 3 is 1.74 bits per heavy atom. The summed E-state index contributed by atoms with van der Waals surface area (Å²) < 4.78 is 13.7. The van der Waals surface area contributed by atoms with E-state index in [1.807, 2.05) is 12.3 Å². The molecule has 0 aliphatic heterocycles. The summed E-state index contributed by atoms with van der Waals surface area (Å²) in [6, 6.07) is 75.1. The zero-order valence-electron chi connectivity index (χ0n) is 46.7. The topological polar surface area (TPSA) is 35.9 Å². The predicted octanol–water partition coefficient (Wildman–Crippen LogP) is 18.0. The van der Waals surface area contributed by atoms with Crippen molar-refractivity contribution in [1.82, 2.24) is 14.1 Å². The second kappa shape index (κ2) is 21.3. The van der Waals surface area contributed by atoms with Crippen molar-refractivity contribution in [3.8, 4) is 51.1 Å². The quantitative estimate of drug-likeness (QED) is 0.0852. The number of imidazole rings is 1. The molecule has 3 heterocycles. The SMILES string of the molecule is CC(C)c1cccc(C(C)C)c1-c1cn(-c2[c-]c(Oc3[c-]c4c(cc3)c3ccccc3n4-c3cc(C(C)(C)C)ccn3)cc(C(C)(C)c3ccccc3)c2)[c-][n+]1-c1cc(-c2ccccc2)cc(C(C)(C)c2ccccc2)c1.[Pt]. The smallest absolute Gasteiger partial charge is 0.267 e. The Bertz CT molecular complexity index is 3910. The molecule has 0 unspecified atom stereocenters. The third kappa shape index (κ3) is 10.2. The second-order valence-electron chi connectivity index (χ2n) is 23.4. The minimum absolute atomic E-state index is 0. The van der Waals surface area contributed by atoms with Crippen LogP contribution in [0.2, 0.25) is 0 Å². The van der Waals surface area contributed by atoms with Crippen LogP contribution >= 0.6 is 0 Å². The fourth-order valence-corrected chi connectivity index (χ4v) is 11.0. The number of benzene rings is 8. The molecule has 0 radical (unpaired) electrons. The van der Waals surface area contributed by atoms with Crippen LogP contribution in [0.4, 0.5) is 0 Å². The molecule has 0 aliphatic carbocycles. The average Bonchev–Trinajstić information content (AvgIpc) is 4.25. The first kappa shape index (κ1) is 53.8. The second-order valence-corrected chi connectivity index (χ2v) is 23.4. The molecule has 11 aromatic rings. The van der Waals surface area contributed by atoms with Crippen LogP contribution in [0.25, 0.3) is 61.4 Å². The molecule has 6 heteroatoms. The number of para-hydroxylation sites is 1. The molecule has 3 aromatic heterocycles. The van der Waals surface area contributed by atoms with Gasteiger partial charge in [-0.3, -0.25) is 4.57 Å². The van der Waals surface area contributed by atoms with Gasteiger partial charge in [-0.15, -0.1) is 35.2 Å². The summed E-state index contributed by atoms with van der Waals surface area (Å²) in [5.41, 5.74) is 16.1. The van der Waals surface area contributed by atoms with Crippen LogP contribution in [0.15, 0.2) is 200 Å². The number of hydrogen-bond donors (Lipinski definition) is 0. The molecule has 0 spiro atoms. The van der Waals surface area contributed by atoms with Gasteiger partial charge < -0.3 is 13.9 Å². The largest absolute Gasteiger partial charge is 0.510 e. The maximum atomic E-state index is 7.07. The molecule has 5 nitrogen and oxygen atoms in total. The minimum Gasteiger partial charge on any atom is -0.510 e. The molecular weight excluding hydrogens is 1130 g/mol. The molecule has 11 rings (SSSR count). The first-order chi connectivity index (χ1) is 36.9. The number of fused-ring (bicyclic) bond motifs is 3. The average molecular weight is 1200 g/mol. The van der Waals surface area contributed by atoms with Gasteiger partial charge >= 0.3 is 0 Å². The van der Waals surface area contributed by atoms with Crippen molar-refractivity contribution >= 4 is 21.8 Å². The van der Waals surface area contributed by atoms with E-state index < -0.39 is 5.41 Å². The first-order valence-electron chi connectivity index (χ1n) is 27.2. The molecule has 0 amide bonds. The Labute approximate surface area is 476 Å². The van der Waals surface area contributed by atoms with Gasteiger partial charge in [0.25, 0.3) is 6.33 Å². The maximum absolute atomic E-state index is 7.07. The van der Waals surface area contributed by atoms with Crippen LogP contribution in [0.1, 0.15) is 127 Å². The van der Waals surface area contributed by atoms with Crippen molar-refractivity contribution in [2.45, 2.75) is 104 Å². The van der Waals surface area contributed by atoms with Gasteiger partial charge in [0.15, 0.2) is 0 Å². The maximum Gasteiger partial charge on any atom is 0.267 e. The van der Waals surface area contributed by atoms with E-state index in [0.29, 0.717) is 11.5 Å². The summed E-state index contributed by atoms with van der Waals surface area (Å²) in [4.78, 5) is 4.94. The van der Waals surface area contributed by atoms with E-state index in [-0.39, 0.29) is 43.7 Å². The third-order valence-corrected chi connectivity index (χ3v) is 15.8. The van der Waals surface area contributed by atoms with Crippen LogP contribution in [-0.4, -0.2) is 14.1 Å². The number of ether oxygens (including phenoxy) is 1. The van der Waals surface area contributed by atoms with Crippen molar-refractivity contribution in [3.63, 3.8) is 0 Å². The van der Waals surface area contributed by atoms with Gasteiger partial charge in [0.1, 0.15) is 5.82 Å². The summed E-state index contributed by atoms with van der Waals surface area (Å²) in [5.74, 6) is 2.52. The summed E-state index contributed by atoms with van der Waals surface area (Å²) in [6.07, 6.45) is 8.13. The summed E-state index contributed by atoms with van der Waals surface area (Å²) in [7, 11) is 0. The molecule has 0 saturated heterocycles. The molecule has 0 saturated carbocycles. The van der Waals surface area contributed by atoms with Crippen molar-refractivity contribution in [2.75, 3.05) is 0 Å². The summed E-state index contributed by atoms with van der Waals surface area (Å²) >= 11 is 0. The Kier molecular flexibility index (Phi) is 14.7. The van der Waals surface area contributed by atoms with Crippen molar-refractivity contribution in [3.05, 3.63) is 258 Å². The van der Waals surface area contributed by atoms with E-state index in [1.54, 1.807) is 0 Å². The monoisotopic (exact) mass is 1200 g/mol. The van der Waals surface area contributed by atoms with E-state index in [1.165, 1.54) is 38.9 Å². The van der Waals surface area contributed by atoms with Crippen LogP contribution < -0.4 is 9.30 Å². The Morgan fingerprint density at radius 1 is 0.513 bits per heavy atom. The molecule has 0 N–H and O–H groups in total. The number of aromatic nitrogens is 4. The molecule has 8 aromatic carbocycles. The predicted molar refractivity (Wildman–Crippen MR) is 317 cm³/mol. The Balaban J connectivity index is 0.00000688. The fraction of sp³-hybridized carbons (Fsp3) is 0.222. The van der Waals surface area contributed by atoms with Gasteiger partial charge in [-0.2, -0.15) is 12.1 Å². The van der Waals surface area contributed by atoms with Crippen LogP contribution in [0, 0.1) is 18.5 Å².